The maximum Gasteiger partial charge on any atom is 0.420 e. The molecule has 11 heteroatoms. The van der Waals surface area contributed by atoms with Crippen LogP contribution in [-0.4, -0.2) is 30.2 Å². The van der Waals surface area contributed by atoms with Crippen LogP contribution >= 0.6 is 0 Å². The zero-order chi connectivity index (χ0) is 21.3. The van der Waals surface area contributed by atoms with E-state index < -0.39 is 15.8 Å². The van der Waals surface area contributed by atoms with E-state index in [2.05, 4.69) is 14.9 Å². The Bertz CT molecular complexity index is 1370. The highest BCUT2D eigenvalue weighted by molar-refractivity contribution is 7.89. The largest absolute Gasteiger partial charge is 0.496 e. The minimum atomic E-state index is -3.85. The topological polar surface area (TPSA) is 129 Å². The lowest BCUT2D eigenvalue weighted by atomic mass is 10.2. The molecular weight excluding hydrogens is 412 g/mol. The van der Waals surface area contributed by atoms with Gasteiger partial charge in [0.1, 0.15) is 5.75 Å². The predicted octanol–water partition coefficient (Wildman–Crippen LogP) is 1.82. The lowest BCUT2D eigenvalue weighted by Crippen LogP contribution is -2.23. The van der Waals surface area contributed by atoms with Crippen LogP contribution in [0.15, 0.2) is 61.1 Å². The molecular formula is C19H18N4O6S. The summed E-state index contributed by atoms with van der Waals surface area (Å²) in [4.78, 5) is 16.3. The van der Waals surface area contributed by atoms with Crippen molar-refractivity contribution in [2.24, 2.45) is 0 Å². The molecule has 156 valence electrons. The molecule has 0 fully saturated rings. The smallest absolute Gasteiger partial charge is 0.420 e. The summed E-state index contributed by atoms with van der Waals surface area (Å²) >= 11 is 0. The Morgan fingerprint density at radius 3 is 2.73 bits per heavy atom. The first-order valence-electron chi connectivity index (χ1n) is 8.91. The van der Waals surface area contributed by atoms with E-state index in [1.54, 1.807) is 31.2 Å². The first kappa shape index (κ1) is 19.9. The summed E-state index contributed by atoms with van der Waals surface area (Å²) in [6.45, 7) is 1.73. The third kappa shape index (κ3) is 3.84. The van der Waals surface area contributed by atoms with E-state index in [0.717, 1.165) is 0 Å². The third-order valence-corrected chi connectivity index (χ3v) is 5.86. The number of hydrogen-bond acceptors (Lipinski definition) is 8. The summed E-state index contributed by atoms with van der Waals surface area (Å²) in [5, 5.41) is 3.76. The molecule has 30 heavy (non-hydrogen) atoms. The number of rotatable bonds is 7. The Balaban J connectivity index is 1.60. The second-order valence-corrected chi connectivity index (χ2v) is 8.22. The number of nitrogens with zero attached hydrogens (tertiary/aromatic N) is 3. The summed E-state index contributed by atoms with van der Waals surface area (Å²) < 4.78 is 44.6. The second-order valence-electron chi connectivity index (χ2n) is 6.45. The standard InChI is InChI=1S/C19H18N4O6S/c1-12-21-18(22-29-12)11-23-15-8-7-14(9-17(15)28-19(23)24)30(25,26)20-10-13-5-3-4-6-16(13)27-2/h3-9,20H,10-11H2,1-2H3. The van der Waals surface area contributed by atoms with Crippen molar-refractivity contribution in [1.82, 2.24) is 19.4 Å². The van der Waals surface area contributed by atoms with Gasteiger partial charge in [-0.2, -0.15) is 4.98 Å². The highest BCUT2D eigenvalue weighted by Gasteiger charge is 2.19. The minimum absolute atomic E-state index is 0.0267. The first-order valence-corrected chi connectivity index (χ1v) is 10.4. The number of oxazole rings is 1. The molecule has 0 saturated heterocycles. The minimum Gasteiger partial charge on any atom is -0.496 e. The van der Waals surface area contributed by atoms with Crippen LogP contribution in [0.25, 0.3) is 11.1 Å². The van der Waals surface area contributed by atoms with E-state index >= 15 is 0 Å². The Morgan fingerprint density at radius 2 is 2.00 bits per heavy atom. The SMILES string of the molecule is COc1ccccc1CNS(=O)(=O)c1ccc2c(c1)oc(=O)n2Cc1noc(C)n1. The second kappa shape index (κ2) is 7.76. The van der Waals surface area contributed by atoms with Crippen molar-refractivity contribution < 1.29 is 22.1 Å². The number of aromatic nitrogens is 3. The maximum absolute atomic E-state index is 12.7. The highest BCUT2D eigenvalue weighted by Crippen LogP contribution is 2.21. The molecule has 0 aliphatic heterocycles. The number of hydrogen-bond donors (Lipinski definition) is 1. The average Bonchev–Trinajstić information content (AvgIpc) is 3.29. The van der Waals surface area contributed by atoms with E-state index in [9.17, 15) is 13.2 Å². The van der Waals surface area contributed by atoms with Crippen LogP contribution in [0, 0.1) is 6.92 Å². The van der Waals surface area contributed by atoms with Gasteiger partial charge >= 0.3 is 5.76 Å². The number of ether oxygens (including phenoxy) is 1. The third-order valence-electron chi connectivity index (χ3n) is 4.46. The van der Waals surface area contributed by atoms with Gasteiger partial charge in [-0.25, -0.2) is 17.9 Å². The molecule has 0 aliphatic rings. The molecule has 0 saturated carbocycles. The fraction of sp³-hybridized carbons (Fsp3) is 0.211. The number of benzene rings is 2. The molecule has 4 aromatic rings. The van der Waals surface area contributed by atoms with Crippen LogP contribution in [0.4, 0.5) is 0 Å². The molecule has 1 N–H and O–H groups in total. The van der Waals surface area contributed by atoms with E-state index in [-0.39, 0.29) is 23.6 Å². The van der Waals surface area contributed by atoms with E-state index in [0.29, 0.717) is 28.5 Å². The average molecular weight is 430 g/mol. The molecule has 10 nitrogen and oxygen atoms in total. The first-order chi connectivity index (χ1) is 14.4. The summed E-state index contributed by atoms with van der Waals surface area (Å²) in [7, 11) is -2.33. The van der Waals surface area contributed by atoms with Gasteiger partial charge in [-0.15, -0.1) is 0 Å². The van der Waals surface area contributed by atoms with E-state index in [1.165, 1.54) is 29.9 Å². The molecule has 0 unspecified atom stereocenters. The van der Waals surface area contributed by atoms with Gasteiger partial charge in [0.2, 0.25) is 15.9 Å². The van der Waals surface area contributed by atoms with Crippen LogP contribution in [0.1, 0.15) is 17.3 Å². The molecule has 2 heterocycles. The predicted molar refractivity (Wildman–Crippen MR) is 106 cm³/mol. The Morgan fingerprint density at radius 1 is 1.20 bits per heavy atom. The summed E-state index contributed by atoms with van der Waals surface area (Å²) in [6.07, 6.45) is 0. The molecule has 0 bridgehead atoms. The van der Waals surface area contributed by atoms with Crippen LogP contribution in [-0.2, 0) is 23.1 Å². The van der Waals surface area contributed by atoms with E-state index in [4.69, 9.17) is 13.7 Å². The molecule has 0 atom stereocenters. The Kier molecular flexibility index (Phi) is 5.14. The van der Waals surface area contributed by atoms with E-state index in [1.807, 2.05) is 0 Å². The molecule has 0 amide bonds. The molecule has 2 aromatic heterocycles. The Labute approximate surface area is 171 Å². The highest BCUT2D eigenvalue weighted by atomic mass is 32.2. The quantitative estimate of drug-likeness (QED) is 0.470. The van der Waals surface area contributed by atoms with Crippen molar-refractivity contribution in [3.63, 3.8) is 0 Å². The summed E-state index contributed by atoms with van der Waals surface area (Å²) in [6, 6.07) is 11.3. The van der Waals surface area contributed by atoms with Crippen LogP contribution < -0.4 is 15.2 Å². The monoisotopic (exact) mass is 430 g/mol. The van der Waals surface area contributed by atoms with Crippen LogP contribution in [0.2, 0.25) is 0 Å². The van der Waals surface area contributed by atoms with Crippen LogP contribution in [0.3, 0.4) is 0 Å². The maximum atomic E-state index is 12.7. The van der Waals surface area contributed by atoms with Gasteiger partial charge in [0.15, 0.2) is 11.4 Å². The molecule has 0 spiro atoms. The molecule has 4 rings (SSSR count). The van der Waals surface area contributed by atoms with Gasteiger partial charge < -0.3 is 13.7 Å². The lowest BCUT2D eigenvalue weighted by molar-refractivity contribution is 0.385. The van der Waals surface area contributed by atoms with Crippen molar-refractivity contribution in [2.75, 3.05) is 7.11 Å². The van der Waals surface area contributed by atoms with Crippen molar-refractivity contribution in [1.29, 1.82) is 0 Å². The molecule has 0 radical (unpaired) electrons. The lowest BCUT2D eigenvalue weighted by Gasteiger charge is -2.10. The van der Waals surface area contributed by atoms with Gasteiger partial charge in [-0.05, 0) is 18.2 Å². The van der Waals surface area contributed by atoms with Crippen molar-refractivity contribution in [2.45, 2.75) is 24.9 Å². The zero-order valence-electron chi connectivity index (χ0n) is 16.2. The number of sulfonamides is 1. The number of aryl methyl sites for hydroxylation is 1. The van der Waals surface area contributed by atoms with Crippen molar-refractivity contribution in [3.05, 3.63) is 70.3 Å². The van der Waals surface area contributed by atoms with Gasteiger partial charge in [0.25, 0.3) is 0 Å². The van der Waals surface area contributed by atoms with Gasteiger partial charge in [0.05, 0.1) is 24.1 Å². The zero-order valence-corrected chi connectivity index (χ0v) is 17.0. The molecule has 2 aromatic carbocycles. The number of methoxy groups -OCH3 is 1. The van der Waals surface area contributed by atoms with Crippen molar-refractivity contribution in [3.8, 4) is 5.75 Å². The van der Waals surface area contributed by atoms with Gasteiger partial charge in [-0.3, -0.25) is 4.57 Å². The normalized spacial score (nSPS) is 11.8. The number of para-hydroxylation sites is 1. The molecule has 0 aliphatic carbocycles. The number of nitrogens with one attached hydrogen (secondary N) is 1. The fourth-order valence-corrected chi connectivity index (χ4v) is 4.04. The van der Waals surface area contributed by atoms with Crippen LogP contribution in [0.5, 0.6) is 5.75 Å². The van der Waals surface area contributed by atoms with Gasteiger partial charge in [-0.1, -0.05) is 23.4 Å². The van der Waals surface area contributed by atoms with Gasteiger partial charge in [0, 0.05) is 25.1 Å². The fourth-order valence-electron chi connectivity index (χ4n) is 3.02. The number of fused-ring (bicyclic) bond motifs is 1. The summed E-state index contributed by atoms with van der Waals surface area (Å²) in [5.41, 5.74) is 1.25. The Hall–Kier alpha value is -3.44. The van der Waals surface area contributed by atoms with Crippen molar-refractivity contribution >= 4 is 21.1 Å². The summed E-state index contributed by atoms with van der Waals surface area (Å²) in [5.74, 6) is 0.618.